The maximum Gasteiger partial charge on any atom is 0.242 e. The zero-order valence-corrected chi connectivity index (χ0v) is 18.1. The van der Waals surface area contributed by atoms with Gasteiger partial charge in [0.25, 0.3) is 0 Å². The number of amides is 3. The third-order valence-electron chi connectivity index (χ3n) is 6.37. The van der Waals surface area contributed by atoms with Gasteiger partial charge in [-0.2, -0.15) is 0 Å². The summed E-state index contributed by atoms with van der Waals surface area (Å²) in [4.78, 5) is 42.5. The Labute approximate surface area is 183 Å². The Bertz CT molecular complexity index is 837. The van der Waals surface area contributed by atoms with Gasteiger partial charge in [0, 0.05) is 38.0 Å². The predicted molar refractivity (Wildman–Crippen MR) is 115 cm³/mol. The second-order valence-corrected chi connectivity index (χ2v) is 8.84. The zero-order valence-electron chi connectivity index (χ0n) is 18.1. The van der Waals surface area contributed by atoms with Crippen LogP contribution < -0.4 is 15.8 Å². The molecule has 3 aliphatic rings. The Hall–Kier alpha value is -2.61. The van der Waals surface area contributed by atoms with Crippen LogP contribution in [0.4, 0.5) is 0 Å². The number of ether oxygens (including phenoxy) is 1. The highest BCUT2D eigenvalue weighted by Gasteiger charge is 2.47. The molecule has 2 unspecified atom stereocenters. The van der Waals surface area contributed by atoms with Gasteiger partial charge in [-0.3, -0.25) is 14.4 Å². The number of rotatable bonds is 9. The minimum Gasteiger partial charge on any atom is -0.497 e. The Kier molecular flexibility index (Phi) is 6.46. The molecule has 1 aromatic rings. The lowest BCUT2D eigenvalue weighted by molar-refractivity contribution is -0.139. The number of hydrogen-bond acceptors (Lipinski definition) is 5. The van der Waals surface area contributed by atoms with Gasteiger partial charge in [-0.05, 0) is 49.8 Å². The number of hydrogen-bond donors (Lipinski definition) is 2. The summed E-state index contributed by atoms with van der Waals surface area (Å²) in [7, 11) is 1.62. The molecule has 8 heteroatoms. The quantitative estimate of drug-likeness (QED) is 0.608. The van der Waals surface area contributed by atoms with Gasteiger partial charge in [0.1, 0.15) is 11.8 Å². The first-order chi connectivity index (χ1) is 15.0. The average Bonchev–Trinajstić information content (AvgIpc) is 3.71. The topological polar surface area (TPSA) is 105 Å². The molecule has 0 aromatic heterocycles. The molecule has 0 radical (unpaired) electrons. The normalized spacial score (nSPS) is 22.8. The molecule has 0 spiro atoms. The van der Waals surface area contributed by atoms with Crippen molar-refractivity contribution in [3.63, 3.8) is 0 Å². The van der Waals surface area contributed by atoms with Crippen LogP contribution in [0.5, 0.6) is 5.75 Å². The standard InChI is InChI=1S/C23H32N4O4/c1-31-19-4-2-3-15(11-19)13-26(22(29)16-5-6-16)18-12-20(21(28)25-10-9-24)27(14-18)23(30)17-7-8-17/h2-4,11,16-18,20H,5-10,12-14,24H2,1H3,(H,25,28). The number of nitrogens with two attached hydrogens (primary N) is 1. The van der Waals surface area contributed by atoms with Crippen LogP contribution >= 0.6 is 0 Å². The maximum absolute atomic E-state index is 13.2. The summed E-state index contributed by atoms with van der Waals surface area (Å²) in [5.41, 5.74) is 6.51. The molecule has 168 valence electrons. The van der Waals surface area contributed by atoms with Crippen LogP contribution in [0.1, 0.15) is 37.7 Å². The number of carbonyl (C=O) groups is 3. The average molecular weight is 429 g/mol. The van der Waals surface area contributed by atoms with Crippen LogP contribution in [-0.2, 0) is 20.9 Å². The van der Waals surface area contributed by atoms with Gasteiger partial charge in [0.05, 0.1) is 13.2 Å². The molecule has 2 aliphatic carbocycles. The van der Waals surface area contributed by atoms with E-state index >= 15 is 0 Å². The molecule has 2 saturated carbocycles. The highest BCUT2D eigenvalue weighted by Crippen LogP contribution is 2.37. The van der Waals surface area contributed by atoms with Crippen LogP contribution in [-0.4, -0.2) is 66.3 Å². The van der Waals surface area contributed by atoms with Gasteiger partial charge in [-0.15, -0.1) is 0 Å². The minimum atomic E-state index is -0.551. The van der Waals surface area contributed by atoms with Crippen molar-refractivity contribution in [2.24, 2.45) is 17.6 Å². The van der Waals surface area contributed by atoms with E-state index in [0.717, 1.165) is 37.0 Å². The van der Waals surface area contributed by atoms with Crippen LogP contribution in [0.25, 0.3) is 0 Å². The molecule has 1 saturated heterocycles. The molecule has 1 aromatic carbocycles. The van der Waals surface area contributed by atoms with E-state index in [1.165, 1.54) is 0 Å². The highest BCUT2D eigenvalue weighted by molar-refractivity contribution is 5.90. The predicted octanol–water partition coefficient (Wildman–Crippen LogP) is 0.888. The third kappa shape index (κ3) is 5.01. The number of benzene rings is 1. The van der Waals surface area contributed by atoms with Crippen LogP contribution in [0.2, 0.25) is 0 Å². The van der Waals surface area contributed by atoms with E-state index in [1.807, 2.05) is 29.2 Å². The van der Waals surface area contributed by atoms with Crippen molar-refractivity contribution < 1.29 is 19.1 Å². The smallest absolute Gasteiger partial charge is 0.242 e. The Morgan fingerprint density at radius 1 is 1.19 bits per heavy atom. The fourth-order valence-corrected chi connectivity index (χ4v) is 4.33. The Morgan fingerprint density at radius 3 is 2.58 bits per heavy atom. The van der Waals surface area contributed by atoms with Crippen molar-refractivity contribution >= 4 is 17.7 Å². The molecular weight excluding hydrogens is 396 g/mol. The summed E-state index contributed by atoms with van der Waals surface area (Å²) in [5, 5.41) is 2.83. The van der Waals surface area contributed by atoms with Gasteiger partial charge in [0.15, 0.2) is 0 Å². The number of carbonyl (C=O) groups excluding carboxylic acids is 3. The summed E-state index contributed by atoms with van der Waals surface area (Å²) < 4.78 is 5.33. The highest BCUT2D eigenvalue weighted by atomic mass is 16.5. The summed E-state index contributed by atoms with van der Waals surface area (Å²) in [6.45, 7) is 1.57. The van der Waals surface area contributed by atoms with Crippen molar-refractivity contribution in [1.82, 2.24) is 15.1 Å². The summed E-state index contributed by atoms with van der Waals surface area (Å²) in [6, 6.07) is 6.96. The van der Waals surface area contributed by atoms with E-state index in [1.54, 1.807) is 12.0 Å². The number of nitrogens with zero attached hydrogens (tertiary/aromatic N) is 2. The molecule has 0 bridgehead atoms. The van der Waals surface area contributed by atoms with E-state index in [0.29, 0.717) is 32.6 Å². The first-order valence-corrected chi connectivity index (χ1v) is 11.2. The van der Waals surface area contributed by atoms with Gasteiger partial charge in [0.2, 0.25) is 17.7 Å². The first-order valence-electron chi connectivity index (χ1n) is 11.2. The SMILES string of the molecule is COc1cccc(CN(C(=O)C2CC2)C2CC(C(=O)NCCN)N(C(=O)C3CC3)C2)c1. The molecule has 2 atom stereocenters. The summed E-state index contributed by atoms with van der Waals surface area (Å²) in [5.74, 6) is 0.803. The molecule has 31 heavy (non-hydrogen) atoms. The third-order valence-corrected chi connectivity index (χ3v) is 6.37. The Balaban J connectivity index is 1.55. The van der Waals surface area contributed by atoms with Crippen molar-refractivity contribution in [2.45, 2.75) is 50.7 Å². The van der Waals surface area contributed by atoms with Crippen LogP contribution in [0, 0.1) is 11.8 Å². The van der Waals surface area contributed by atoms with E-state index in [4.69, 9.17) is 10.5 Å². The largest absolute Gasteiger partial charge is 0.497 e. The molecular formula is C23H32N4O4. The minimum absolute atomic E-state index is 0.0227. The monoisotopic (exact) mass is 428 g/mol. The zero-order chi connectivity index (χ0) is 22.0. The van der Waals surface area contributed by atoms with Crippen molar-refractivity contribution in [1.29, 1.82) is 0 Å². The molecule has 1 heterocycles. The van der Waals surface area contributed by atoms with E-state index in [2.05, 4.69) is 5.32 Å². The number of likely N-dealkylation sites (tertiary alicyclic amines) is 1. The van der Waals surface area contributed by atoms with Gasteiger partial charge < -0.3 is 25.6 Å². The summed E-state index contributed by atoms with van der Waals surface area (Å²) >= 11 is 0. The lowest BCUT2D eigenvalue weighted by atomic mass is 10.1. The number of methoxy groups -OCH3 is 1. The molecule has 3 fully saturated rings. The second kappa shape index (κ2) is 9.26. The first kappa shape index (κ1) is 21.6. The molecule has 4 rings (SSSR count). The van der Waals surface area contributed by atoms with E-state index in [-0.39, 0.29) is 35.6 Å². The molecule has 1 aliphatic heterocycles. The van der Waals surface area contributed by atoms with Gasteiger partial charge in [-0.1, -0.05) is 12.1 Å². The molecule has 3 amide bonds. The summed E-state index contributed by atoms with van der Waals surface area (Å²) in [6.07, 6.45) is 4.03. The van der Waals surface area contributed by atoms with Gasteiger partial charge >= 0.3 is 0 Å². The van der Waals surface area contributed by atoms with Crippen LogP contribution in [0.15, 0.2) is 24.3 Å². The Morgan fingerprint density at radius 2 is 1.94 bits per heavy atom. The van der Waals surface area contributed by atoms with E-state index < -0.39 is 6.04 Å². The van der Waals surface area contributed by atoms with Crippen LogP contribution in [0.3, 0.4) is 0 Å². The molecule has 8 nitrogen and oxygen atoms in total. The fourth-order valence-electron chi connectivity index (χ4n) is 4.33. The molecule has 3 N–H and O–H groups in total. The van der Waals surface area contributed by atoms with E-state index in [9.17, 15) is 14.4 Å². The van der Waals surface area contributed by atoms with Crippen molar-refractivity contribution in [3.8, 4) is 5.75 Å². The van der Waals surface area contributed by atoms with Crippen molar-refractivity contribution in [2.75, 3.05) is 26.7 Å². The maximum atomic E-state index is 13.2. The lowest BCUT2D eigenvalue weighted by Gasteiger charge is -2.29. The second-order valence-electron chi connectivity index (χ2n) is 8.84. The van der Waals surface area contributed by atoms with Crippen molar-refractivity contribution in [3.05, 3.63) is 29.8 Å². The lowest BCUT2D eigenvalue weighted by Crippen LogP contribution is -2.47. The number of nitrogens with one attached hydrogen (secondary N) is 1. The fraction of sp³-hybridized carbons (Fsp3) is 0.609. The van der Waals surface area contributed by atoms with Gasteiger partial charge in [-0.25, -0.2) is 0 Å².